The number of aromatic amines is 1. The fourth-order valence-electron chi connectivity index (χ4n) is 8.12. The molecule has 4 aliphatic rings. The van der Waals surface area contributed by atoms with Crippen LogP contribution in [0.1, 0.15) is 63.3 Å². The average molecular weight is 543 g/mol. The van der Waals surface area contributed by atoms with Crippen molar-refractivity contribution < 1.29 is 9.13 Å². The summed E-state index contributed by atoms with van der Waals surface area (Å²) in [5.74, 6) is 3.16. The van der Waals surface area contributed by atoms with Crippen LogP contribution in [-0.4, -0.2) is 31.0 Å². The molecule has 4 saturated carbocycles. The van der Waals surface area contributed by atoms with Crippen LogP contribution in [-0.2, 0) is 12.0 Å². The van der Waals surface area contributed by atoms with Crippen molar-refractivity contribution in [3.63, 3.8) is 0 Å². The Morgan fingerprint density at radius 2 is 1.88 bits per heavy atom. The minimum absolute atomic E-state index is 0.108. The molecular formula is C31H35FN6O2. The van der Waals surface area contributed by atoms with Crippen molar-refractivity contribution in [2.75, 3.05) is 11.9 Å². The summed E-state index contributed by atoms with van der Waals surface area (Å²) in [5.41, 5.74) is 1.88. The van der Waals surface area contributed by atoms with E-state index in [1.165, 1.54) is 31.5 Å². The Labute approximate surface area is 232 Å². The number of pyridine rings is 1. The molecule has 2 atom stereocenters. The minimum Gasteiger partial charge on any atom is -0.425 e. The van der Waals surface area contributed by atoms with E-state index in [1.54, 1.807) is 10.6 Å². The fourth-order valence-corrected chi connectivity index (χ4v) is 8.12. The van der Waals surface area contributed by atoms with E-state index in [1.807, 2.05) is 38.1 Å². The van der Waals surface area contributed by atoms with E-state index in [0.717, 1.165) is 43.6 Å². The number of hydrogen-bond donors (Lipinski definition) is 2. The maximum atomic E-state index is 13.7. The van der Waals surface area contributed by atoms with Gasteiger partial charge in [-0.25, -0.2) is 14.4 Å². The second-order valence-corrected chi connectivity index (χ2v) is 12.5. The largest absolute Gasteiger partial charge is 0.425 e. The van der Waals surface area contributed by atoms with Crippen LogP contribution in [0.5, 0.6) is 11.8 Å². The molecular weight excluding hydrogens is 507 g/mol. The quantitative estimate of drug-likeness (QED) is 0.279. The summed E-state index contributed by atoms with van der Waals surface area (Å²) in [7, 11) is 0. The second-order valence-electron chi connectivity index (χ2n) is 12.5. The van der Waals surface area contributed by atoms with Gasteiger partial charge in [-0.15, -0.1) is 0 Å². The number of fused-ring (bicyclic) bond motifs is 1. The third kappa shape index (κ3) is 4.35. The summed E-state index contributed by atoms with van der Waals surface area (Å²) in [6.07, 6.45) is 8.81. The highest BCUT2D eigenvalue weighted by Gasteiger charge is 2.59. The summed E-state index contributed by atoms with van der Waals surface area (Å²) < 4.78 is 21.1. The zero-order valence-electron chi connectivity index (χ0n) is 23.0. The monoisotopic (exact) mass is 542 g/mol. The number of rotatable bonds is 8. The molecule has 2 unspecified atom stereocenters. The SMILES string of the molecule is CCCn1c(Oc2ccc(C)cc2)nc2nc(C34CC5CC(CC(CNc6ccc(F)cn6)(C5)C3)C4)[nH]c2c1=O. The number of nitrogens with one attached hydrogen (secondary N) is 2. The first-order valence-electron chi connectivity index (χ1n) is 14.4. The second kappa shape index (κ2) is 9.42. The van der Waals surface area contributed by atoms with Crippen molar-refractivity contribution in [1.29, 1.82) is 0 Å². The van der Waals surface area contributed by atoms with E-state index >= 15 is 0 Å². The molecule has 2 N–H and O–H groups in total. The molecule has 4 aromatic rings. The van der Waals surface area contributed by atoms with Crippen LogP contribution in [0.3, 0.4) is 0 Å². The molecule has 4 aliphatic carbocycles. The Balaban J connectivity index is 1.23. The zero-order valence-corrected chi connectivity index (χ0v) is 23.0. The third-order valence-corrected chi connectivity index (χ3v) is 9.31. The number of aromatic nitrogens is 5. The van der Waals surface area contributed by atoms with Crippen molar-refractivity contribution in [2.45, 2.75) is 70.8 Å². The predicted octanol–water partition coefficient (Wildman–Crippen LogP) is 6.11. The molecule has 208 valence electrons. The number of imidazole rings is 1. The molecule has 9 heteroatoms. The lowest BCUT2D eigenvalue weighted by Crippen LogP contribution is -2.56. The Kier molecular flexibility index (Phi) is 5.94. The van der Waals surface area contributed by atoms with Crippen molar-refractivity contribution in [3.05, 3.63) is 70.2 Å². The highest BCUT2D eigenvalue weighted by molar-refractivity contribution is 5.70. The van der Waals surface area contributed by atoms with Gasteiger partial charge < -0.3 is 15.0 Å². The number of H-pyrrole nitrogens is 1. The van der Waals surface area contributed by atoms with Crippen molar-refractivity contribution in [2.24, 2.45) is 17.3 Å². The minimum atomic E-state index is -0.330. The lowest BCUT2D eigenvalue weighted by Gasteiger charge is -2.61. The number of ether oxygens (including phenoxy) is 1. The van der Waals surface area contributed by atoms with Gasteiger partial charge in [-0.2, -0.15) is 4.98 Å². The van der Waals surface area contributed by atoms with E-state index in [2.05, 4.69) is 15.3 Å². The molecule has 0 radical (unpaired) electrons. The number of halogens is 1. The molecule has 0 saturated heterocycles. The molecule has 0 aliphatic heterocycles. The lowest BCUT2D eigenvalue weighted by molar-refractivity contribution is -0.0674. The van der Waals surface area contributed by atoms with Gasteiger partial charge in [0.05, 0.1) is 6.20 Å². The number of nitrogens with zero attached hydrogens (tertiary/aromatic N) is 4. The van der Waals surface area contributed by atoms with Crippen LogP contribution in [0.2, 0.25) is 0 Å². The lowest BCUT2D eigenvalue weighted by atomic mass is 9.44. The normalized spacial score (nSPS) is 26.9. The van der Waals surface area contributed by atoms with Gasteiger partial charge in [-0.3, -0.25) is 9.36 Å². The van der Waals surface area contributed by atoms with Gasteiger partial charge in [0.15, 0.2) is 11.2 Å². The highest BCUT2D eigenvalue weighted by atomic mass is 19.1. The Morgan fingerprint density at radius 1 is 1.10 bits per heavy atom. The molecule has 1 aromatic carbocycles. The van der Waals surface area contributed by atoms with E-state index < -0.39 is 0 Å². The van der Waals surface area contributed by atoms with Crippen LogP contribution in [0.15, 0.2) is 47.4 Å². The maximum Gasteiger partial charge on any atom is 0.306 e. The molecule has 8 nitrogen and oxygen atoms in total. The van der Waals surface area contributed by atoms with Crippen LogP contribution >= 0.6 is 0 Å². The van der Waals surface area contributed by atoms with Crippen molar-refractivity contribution >= 4 is 17.0 Å². The molecule has 0 amide bonds. The molecule has 3 aromatic heterocycles. The van der Waals surface area contributed by atoms with Crippen molar-refractivity contribution in [1.82, 2.24) is 24.5 Å². The van der Waals surface area contributed by atoms with Gasteiger partial charge in [-0.05, 0) is 93.4 Å². The van der Waals surface area contributed by atoms with Crippen molar-refractivity contribution in [3.8, 4) is 11.8 Å². The Morgan fingerprint density at radius 3 is 2.58 bits per heavy atom. The van der Waals surface area contributed by atoms with Gasteiger partial charge in [0, 0.05) is 18.5 Å². The highest BCUT2D eigenvalue weighted by Crippen LogP contribution is 2.65. The fraction of sp³-hybridized carbons (Fsp3) is 0.484. The first-order valence-corrected chi connectivity index (χ1v) is 14.4. The summed E-state index contributed by atoms with van der Waals surface area (Å²) in [6, 6.07) is 11.2. The van der Waals surface area contributed by atoms with Gasteiger partial charge in [-0.1, -0.05) is 24.6 Å². The molecule has 0 spiro atoms. The van der Waals surface area contributed by atoms with E-state index in [4.69, 9.17) is 14.7 Å². The molecule has 40 heavy (non-hydrogen) atoms. The van der Waals surface area contributed by atoms with E-state index in [9.17, 15) is 9.18 Å². The Hall–Kier alpha value is -3.75. The number of hydrogen-bond acceptors (Lipinski definition) is 6. The van der Waals surface area contributed by atoms with E-state index in [-0.39, 0.29) is 28.2 Å². The summed E-state index contributed by atoms with van der Waals surface area (Å²) in [4.78, 5) is 31.2. The first-order chi connectivity index (χ1) is 19.3. The summed E-state index contributed by atoms with van der Waals surface area (Å²) in [6.45, 7) is 5.38. The molecule has 4 bridgehead atoms. The van der Waals surface area contributed by atoms with Gasteiger partial charge in [0.25, 0.3) is 5.56 Å². The average Bonchev–Trinajstić information content (AvgIpc) is 3.37. The van der Waals surface area contributed by atoms with Crippen LogP contribution < -0.4 is 15.6 Å². The van der Waals surface area contributed by atoms with Gasteiger partial charge in [0.2, 0.25) is 0 Å². The number of benzene rings is 1. The van der Waals surface area contributed by atoms with Gasteiger partial charge in [0.1, 0.15) is 23.2 Å². The van der Waals surface area contributed by atoms with Gasteiger partial charge >= 0.3 is 6.01 Å². The third-order valence-electron chi connectivity index (χ3n) is 9.31. The topological polar surface area (TPSA) is 97.7 Å². The Bertz CT molecular complexity index is 1600. The molecule has 8 rings (SSSR count). The standard InChI is InChI=1S/C31H35FN6O2/c1-3-10-38-27(39)25-26(37-29(38)40-23-7-4-19(2)5-8-23)36-28(35-25)31-14-20-11-21(15-31)13-30(12-20,17-31)18-34-24-9-6-22(32)16-33-24/h4-9,16,20-21H,3,10-15,17-18H2,1-2H3,(H,33,34)(H,35,36). The van der Waals surface area contributed by atoms with Crippen LogP contribution in [0, 0.1) is 30.0 Å². The number of aryl methyl sites for hydroxylation is 1. The maximum absolute atomic E-state index is 13.7. The molecule has 4 fully saturated rings. The summed E-state index contributed by atoms with van der Waals surface area (Å²) in [5, 5.41) is 3.50. The molecule has 3 heterocycles. The number of anilines is 1. The smallest absolute Gasteiger partial charge is 0.306 e. The van der Waals surface area contributed by atoms with Crippen LogP contribution in [0.4, 0.5) is 10.2 Å². The van der Waals surface area contributed by atoms with Crippen LogP contribution in [0.25, 0.3) is 11.2 Å². The first kappa shape index (κ1) is 25.2. The van der Waals surface area contributed by atoms with E-state index in [0.29, 0.717) is 41.1 Å². The summed E-state index contributed by atoms with van der Waals surface area (Å²) >= 11 is 0. The zero-order chi connectivity index (χ0) is 27.5. The predicted molar refractivity (Wildman–Crippen MR) is 151 cm³/mol.